The molecule has 0 aliphatic heterocycles. The molecule has 1 aromatic carbocycles. The van der Waals surface area contributed by atoms with Crippen LogP contribution < -0.4 is 10.5 Å². The zero-order chi connectivity index (χ0) is 8.10. The van der Waals surface area contributed by atoms with Gasteiger partial charge in [0.15, 0.2) is 0 Å². The minimum Gasteiger partial charge on any atom is -0.457 e. The van der Waals surface area contributed by atoms with Gasteiger partial charge in [-0.25, -0.2) is 0 Å². The maximum absolute atomic E-state index is 5.46. The predicted octanol–water partition coefficient (Wildman–Crippen LogP) is 1.95. The molecule has 2 nitrogen and oxygen atoms in total. The molecule has 0 bridgehead atoms. The standard InChI is InChI=1S/C9H9NO/c1-2-7-11-9-5-3-8(10)4-6-9/h3-7H,1,10H2. The minimum atomic E-state index is 0.722. The summed E-state index contributed by atoms with van der Waals surface area (Å²) in [6, 6.07) is 7.10. The maximum Gasteiger partial charge on any atom is 0.133 e. The Morgan fingerprint density at radius 1 is 1.36 bits per heavy atom. The van der Waals surface area contributed by atoms with E-state index >= 15 is 0 Å². The van der Waals surface area contributed by atoms with Crippen LogP contribution in [0.5, 0.6) is 5.75 Å². The normalized spacial score (nSPS) is 8.36. The van der Waals surface area contributed by atoms with Crippen molar-refractivity contribution in [2.45, 2.75) is 0 Å². The molecule has 0 fully saturated rings. The summed E-state index contributed by atoms with van der Waals surface area (Å²) in [6.45, 7) is 3.36. The molecule has 0 saturated carbocycles. The summed E-state index contributed by atoms with van der Waals surface area (Å²) in [7, 11) is 0. The third kappa shape index (κ3) is 2.20. The Bertz CT molecular complexity index is 270. The van der Waals surface area contributed by atoms with Crippen molar-refractivity contribution in [2.24, 2.45) is 0 Å². The first kappa shape index (κ1) is 7.45. The number of nitrogen functional groups attached to an aromatic ring is 1. The number of ether oxygens (including phenoxy) is 1. The van der Waals surface area contributed by atoms with Crippen molar-refractivity contribution in [3.8, 4) is 5.75 Å². The highest BCUT2D eigenvalue weighted by atomic mass is 16.5. The fourth-order valence-corrected chi connectivity index (χ4v) is 0.656. The van der Waals surface area contributed by atoms with Gasteiger partial charge in [-0.1, -0.05) is 12.3 Å². The van der Waals surface area contributed by atoms with Crippen molar-refractivity contribution < 1.29 is 4.74 Å². The predicted molar refractivity (Wildman–Crippen MR) is 45.2 cm³/mol. The second-order valence-corrected chi connectivity index (χ2v) is 2.01. The smallest absolute Gasteiger partial charge is 0.133 e. The van der Waals surface area contributed by atoms with E-state index in [1.54, 1.807) is 24.3 Å². The molecule has 0 aliphatic carbocycles. The first-order valence-electron chi connectivity index (χ1n) is 3.19. The number of nitrogens with two attached hydrogens (primary N) is 1. The fraction of sp³-hybridized carbons (Fsp3) is 0. The van der Waals surface area contributed by atoms with Gasteiger partial charge < -0.3 is 10.5 Å². The molecule has 0 amide bonds. The molecule has 2 N–H and O–H groups in total. The molecule has 11 heavy (non-hydrogen) atoms. The van der Waals surface area contributed by atoms with Crippen LogP contribution in [0.15, 0.2) is 42.8 Å². The molecule has 1 rings (SSSR count). The van der Waals surface area contributed by atoms with Crippen LogP contribution in [0.4, 0.5) is 5.69 Å². The molecule has 0 atom stereocenters. The van der Waals surface area contributed by atoms with Gasteiger partial charge in [-0.3, -0.25) is 0 Å². The zero-order valence-electron chi connectivity index (χ0n) is 6.08. The molecule has 0 aliphatic rings. The minimum absolute atomic E-state index is 0.722. The number of rotatable bonds is 2. The van der Waals surface area contributed by atoms with E-state index in [9.17, 15) is 0 Å². The average molecular weight is 147 g/mol. The molecule has 0 unspecified atom stereocenters. The van der Waals surface area contributed by atoms with Gasteiger partial charge in [-0.05, 0) is 24.3 Å². The van der Waals surface area contributed by atoms with Crippen molar-refractivity contribution >= 4 is 5.69 Å². The lowest BCUT2D eigenvalue weighted by Crippen LogP contribution is -1.84. The number of benzene rings is 1. The summed E-state index contributed by atoms with van der Waals surface area (Å²) in [4.78, 5) is 0. The van der Waals surface area contributed by atoms with Crippen molar-refractivity contribution in [3.63, 3.8) is 0 Å². The van der Waals surface area contributed by atoms with E-state index in [1.165, 1.54) is 6.26 Å². The molecular formula is C9H9NO. The van der Waals surface area contributed by atoms with Crippen LogP contribution in [0.3, 0.4) is 0 Å². The lowest BCUT2D eigenvalue weighted by Gasteiger charge is -1.97. The summed E-state index contributed by atoms with van der Waals surface area (Å²) in [6.07, 6.45) is 1.39. The van der Waals surface area contributed by atoms with Crippen LogP contribution in [0.1, 0.15) is 0 Å². The molecule has 0 spiro atoms. The lowest BCUT2D eigenvalue weighted by atomic mass is 10.3. The summed E-state index contributed by atoms with van der Waals surface area (Å²) < 4.78 is 5.06. The van der Waals surface area contributed by atoms with Gasteiger partial charge in [0.1, 0.15) is 12.0 Å². The first-order valence-corrected chi connectivity index (χ1v) is 3.19. The SMILES string of the molecule is C=C=COc1ccc(N)cc1. The molecule has 56 valence electrons. The lowest BCUT2D eigenvalue weighted by molar-refractivity contribution is 0.482. The number of hydrogen-bond acceptors (Lipinski definition) is 2. The number of anilines is 1. The molecular weight excluding hydrogens is 138 g/mol. The van der Waals surface area contributed by atoms with E-state index in [0.717, 1.165) is 11.4 Å². The van der Waals surface area contributed by atoms with Crippen molar-refractivity contribution in [1.29, 1.82) is 0 Å². The largest absolute Gasteiger partial charge is 0.457 e. The Labute approximate surface area is 65.6 Å². The Morgan fingerprint density at radius 2 is 2.00 bits per heavy atom. The van der Waals surface area contributed by atoms with Gasteiger partial charge in [0.05, 0.1) is 0 Å². The quantitative estimate of drug-likeness (QED) is 0.394. The monoisotopic (exact) mass is 147 g/mol. The Balaban J connectivity index is 2.73. The maximum atomic E-state index is 5.46. The highest BCUT2D eigenvalue weighted by molar-refractivity contribution is 5.41. The van der Waals surface area contributed by atoms with Crippen LogP contribution in [0.25, 0.3) is 0 Å². The molecule has 0 radical (unpaired) electrons. The highest BCUT2D eigenvalue weighted by Crippen LogP contribution is 2.12. The number of hydrogen-bond donors (Lipinski definition) is 1. The van der Waals surface area contributed by atoms with Crippen molar-refractivity contribution in [1.82, 2.24) is 0 Å². The summed E-state index contributed by atoms with van der Waals surface area (Å²) >= 11 is 0. The van der Waals surface area contributed by atoms with E-state index < -0.39 is 0 Å². The zero-order valence-corrected chi connectivity index (χ0v) is 6.08. The average Bonchev–Trinajstić information content (AvgIpc) is 2.04. The Morgan fingerprint density at radius 3 is 2.55 bits per heavy atom. The van der Waals surface area contributed by atoms with E-state index in [2.05, 4.69) is 12.3 Å². The first-order chi connectivity index (χ1) is 5.33. The molecule has 1 aromatic rings. The molecule has 2 heteroatoms. The van der Waals surface area contributed by atoms with E-state index in [1.807, 2.05) is 0 Å². The van der Waals surface area contributed by atoms with Crippen molar-refractivity contribution in [3.05, 3.63) is 42.8 Å². The summed E-state index contributed by atoms with van der Waals surface area (Å²) in [5, 5.41) is 0. The topological polar surface area (TPSA) is 35.2 Å². The Hall–Kier alpha value is -1.66. The van der Waals surface area contributed by atoms with Crippen LogP contribution >= 0.6 is 0 Å². The van der Waals surface area contributed by atoms with Crippen LogP contribution in [0, 0.1) is 0 Å². The van der Waals surface area contributed by atoms with Gasteiger partial charge in [-0.15, -0.1) is 0 Å². The summed E-state index contributed by atoms with van der Waals surface area (Å²) in [5.41, 5.74) is 8.69. The molecule has 0 aromatic heterocycles. The van der Waals surface area contributed by atoms with Gasteiger partial charge in [0.2, 0.25) is 0 Å². The van der Waals surface area contributed by atoms with Gasteiger partial charge in [0.25, 0.3) is 0 Å². The van der Waals surface area contributed by atoms with E-state index in [0.29, 0.717) is 0 Å². The third-order valence-electron chi connectivity index (χ3n) is 1.16. The van der Waals surface area contributed by atoms with Gasteiger partial charge in [-0.2, -0.15) is 0 Å². The van der Waals surface area contributed by atoms with E-state index in [4.69, 9.17) is 10.5 Å². The fourth-order valence-electron chi connectivity index (χ4n) is 0.656. The third-order valence-corrected chi connectivity index (χ3v) is 1.16. The second kappa shape index (κ2) is 3.49. The van der Waals surface area contributed by atoms with Crippen LogP contribution in [-0.4, -0.2) is 0 Å². The van der Waals surface area contributed by atoms with E-state index in [-0.39, 0.29) is 0 Å². The van der Waals surface area contributed by atoms with Crippen LogP contribution in [-0.2, 0) is 0 Å². The Kier molecular flexibility index (Phi) is 2.37. The second-order valence-electron chi connectivity index (χ2n) is 2.01. The molecule has 0 saturated heterocycles. The van der Waals surface area contributed by atoms with Gasteiger partial charge >= 0.3 is 0 Å². The summed E-state index contributed by atoms with van der Waals surface area (Å²) in [5.74, 6) is 0.732. The van der Waals surface area contributed by atoms with Gasteiger partial charge in [0, 0.05) is 5.69 Å². The van der Waals surface area contributed by atoms with Crippen molar-refractivity contribution in [2.75, 3.05) is 5.73 Å². The van der Waals surface area contributed by atoms with Crippen LogP contribution in [0.2, 0.25) is 0 Å². The highest BCUT2D eigenvalue weighted by Gasteiger charge is 1.87. The molecule has 0 heterocycles.